The zero-order valence-electron chi connectivity index (χ0n) is 12.4. The van der Waals surface area contributed by atoms with Crippen molar-refractivity contribution in [1.29, 1.82) is 0 Å². The highest BCUT2D eigenvalue weighted by Gasteiger charge is 2.17. The van der Waals surface area contributed by atoms with Gasteiger partial charge in [-0.3, -0.25) is 4.79 Å². The van der Waals surface area contributed by atoms with Crippen LogP contribution < -0.4 is 4.74 Å². The fourth-order valence-electron chi connectivity index (χ4n) is 2.69. The van der Waals surface area contributed by atoms with Crippen LogP contribution >= 0.6 is 0 Å². The SMILES string of the molecule is COc1ccc(C(=O)c2ncnc3c2[nH]c2ccccc23)cc1. The lowest BCUT2D eigenvalue weighted by Crippen LogP contribution is -2.05. The van der Waals surface area contributed by atoms with Crippen LogP contribution in [0.2, 0.25) is 0 Å². The van der Waals surface area contributed by atoms with Crippen molar-refractivity contribution in [2.24, 2.45) is 0 Å². The van der Waals surface area contributed by atoms with E-state index in [0.29, 0.717) is 22.5 Å². The molecule has 2 heterocycles. The Morgan fingerprint density at radius 3 is 2.61 bits per heavy atom. The first-order valence-corrected chi connectivity index (χ1v) is 7.18. The number of fused-ring (bicyclic) bond motifs is 3. The maximum atomic E-state index is 12.8. The molecule has 23 heavy (non-hydrogen) atoms. The van der Waals surface area contributed by atoms with Gasteiger partial charge in [-0.05, 0) is 30.3 Å². The molecule has 0 radical (unpaired) electrons. The number of H-pyrrole nitrogens is 1. The largest absolute Gasteiger partial charge is 0.497 e. The number of carbonyl (C=O) groups is 1. The zero-order valence-corrected chi connectivity index (χ0v) is 12.4. The highest BCUT2D eigenvalue weighted by molar-refractivity contribution is 6.17. The lowest BCUT2D eigenvalue weighted by molar-refractivity contribution is 0.103. The van der Waals surface area contributed by atoms with Gasteiger partial charge in [-0.15, -0.1) is 0 Å². The van der Waals surface area contributed by atoms with Gasteiger partial charge in [0.05, 0.1) is 18.1 Å². The second-order valence-electron chi connectivity index (χ2n) is 5.17. The molecule has 0 saturated heterocycles. The Hall–Kier alpha value is -3.21. The van der Waals surface area contributed by atoms with Crippen LogP contribution in [-0.2, 0) is 0 Å². The van der Waals surface area contributed by atoms with Gasteiger partial charge in [0.2, 0.25) is 5.78 Å². The smallest absolute Gasteiger partial charge is 0.213 e. The van der Waals surface area contributed by atoms with Crippen molar-refractivity contribution in [1.82, 2.24) is 15.0 Å². The van der Waals surface area contributed by atoms with Crippen LogP contribution in [0.4, 0.5) is 0 Å². The Balaban J connectivity index is 1.88. The summed E-state index contributed by atoms with van der Waals surface area (Å²) in [5.41, 5.74) is 3.29. The van der Waals surface area contributed by atoms with Crippen LogP contribution in [0.5, 0.6) is 5.75 Å². The summed E-state index contributed by atoms with van der Waals surface area (Å²) in [5.74, 6) is 0.562. The summed E-state index contributed by atoms with van der Waals surface area (Å²) in [7, 11) is 1.59. The number of methoxy groups -OCH3 is 1. The van der Waals surface area contributed by atoms with Crippen molar-refractivity contribution >= 4 is 27.7 Å². The number of hydrogen-bond donors (Lipinski definition) is 1. The van der Waals surface area contributed by atoms with E-state index in [9.17, 15) is 4.79 Å². The van der Waals surface area contributed by atoms with Gasteiger partial charge in [-0.2, -0.15) is 0 Å². The minimum atomic E-state index is -0.147. The molecule has 112 valence electrons. The fraction of sp³-hybridized carbons (Fsp3) is 0.0556. The molecule has 0 saturated carbocycles. The number of aromatic nitrogens is 3. The van der Waals surface area contributed by atoms with Crippen molar-refractivity contribution in [2.45, 2.75) is 0 Å². The monoisotopic (exact) mass is 303 g/mol. The molecule has 2 aromatic carbocycles. The maximum absolute atomic E-state index is 12.8. The van der Waals surface area contributed by atoms with E-state index in [1.54, 1.807) is 31.4 Å². The molecule has 4 rings (SSSR count). The molecule has 0 bridgehead atoms. The maximum Gasteiger partial charge on any atom is 0.213 e. The number of hydrogen-bond acceptors (Lipinski definition) is 4. The van der Waals surface area contributed by atoms with Gasteiger partial charge in [-0.1, -0.05) is 18.2 Å². The summed E-state index contributed by atoms with van der Waals surface area (Å²) in [6.07, 6.45) is 1.43. The number of aromatic amines is 1. The third-order valence-electron chi connectivity index (χ3n) is 3.86. The minimum absolute atomic E-state index is 0.147. The Labute approximate surface area is 132 Å². The Kier molecular flexibility index (Phi) is 3.05. The zero-order chi connectivity index (χ0) is 15.8. The molecule has 0 fully saturated rings. The minimum Gasteiger partial charge on any atom is -0.497 e. The molecule has 1 N–H and O–H groups in total. The number of ketones is 1. The quantitative estimate of drug-likeness (QED) is 0.589. The van der Waals surface area contributed by atoms with E-state index in [1.165, 1.54) is 6.33 Å². The van der Waals surface area contributed by atoms with Gasteiger partial charge in [0.1, 0.15) is 17.8 Å². The number of rotatable bonds is 3. The first-order valence-electron chi connectivity index (χ1n) is 7.18. The first kappa shape index (κ1) is 13.5. The second kappa shape index (κ2) is 5.21. The van der Waals surface area contributed by atoms with Gasteiger partial charge in [0, 0.05) is 16.5 Å². The normalized spacial score (nSPS) is 11.0. The molecule has 0 aliphatic rings. The van der Waals surface area contributed by atoms with Crippen molar-refractivity contribution in [3.63, 3.8) is 0 Å². The van der Waals surface area contributed by atoms with E-state index < -0.39 is 0 Å². The average Bonchev–Trinajstić information content (AvgIpc) is 3.00. The van der Waals surface area contributed by atoms with E-state index in [2.05, 4.69) is 15.0 Å². The molecule has 0 aliphatic heterocycles. The van der Waals surface area contributed by atoms with E-state index in [-0.39, 0.29) is 5.78 Å². The summed E-state index contributed by atoms with van der Waals surface area (Å²) < 4.78 is 5.12. The van der Waals surface area contributed by atoms with Crippen molar-refractivity contribution < 1.29 is 9.53 Å². The molecular formula is C18H13N3O2. The van der Waals surface area contributed by atoms with Crippen molar-refractivity contribution in [2.75, 3.05) is 7.11 Å². The second-order valence-corrected chi connectivity index (χ2v) is 5.17. The van der Waals surface area contributed by atoms with Crippen LogP contribution in [0.3, 0.4) is 0 Å². The summed E-state index contributed by atoms with van der Waals surface area (Å²) in [4.78, 5) is 24.6. The van der Waals surface area contributed by atoms with Gasteiger partial charge >= 0.3 is 0 Å². The van der Waals surface area contributed by atoms with E-state index in [0.717, 1.165) is 16.4 Å². The van der Waals surface area contributed by atoms with E-state index >= 15 is 0 Å². The topological polar surface area (TPSA) is 67.9 Å². The number of carbonyl (C=O) groups excluding carboxylic acids is 1. The van der Waals surface area contributed by atoms with Gasteiger partial charge in [-0.25, -0.2) is 9.97 Å². The first-order chi connectivity index (χ1) is 11.3. The lowest BCUT2D eigenvalue weighted by atomic mass is 10.1. The molecule has 0 atom stereocenters. The van der Waals surface area contributed by atoms with E-state index in [1.807, 2.05) is 24.3 Å². The summed E-state index contributed by atoms with van der Waals surface area (Å²) in [5, 5.41) is 0.980. The number of nitrogens with one attached hydrogen (secondary N) is 1. The number of benzene rings is 2. The molecule has 0 amide bonds. The predicted molar refractivity (Wildman–Crippen MR) is 87.8 cm³/mol. The molecular weight excluding hydrogens is 290 g/mol. The Bertz CT molecular complexity index is 1020. The van der Waals surface area contributed by atoms with E-state index in [4.69, 9.17) is 4.74 Å². The van der Waals surface area contributed by atoms with Crippen LogP contribution in [0.1, 0.15) is 16.1 Å². The number of nitrogens with zero attached hydrogens (tertiary/aromatic N) is 2. The molecule has 2 aromatic heterocycles. The summed E-state index contributed by atoms with van der Waals surface area (Å²) in [6.45, 7) is 0. The summed E-state index contributed by atoms with van der Waals surface area (Å²) >= 11 is 0. The Morgan fingerprint density at radius 1 is 1.04 bits per heavy atom. The molecule has 5 heteroatoms. The fourth-order valence-corrected chi connectivity index (χ4v) is 2.69. The molecule has 0 unspecified atom stereocenters. The summed E-state index contributed by atoms with van der Waals surface area (Å²) in [6, 6.07) is 14.8. The Morgan fingerprint density at radius 2 is 1.83 bits per heavy atom. The third kappa shape index (κ3) is 2.14. The number of para-hydroxylation sites is 1. The predicted octanol–water partition coefficient (Wildman–Crippen LogP) is 3.35. The van der Waals surface area contributed by atoms with Gasteiger partial charge in [0.15, 0.2) is 0 Å². The third-order valence-corrected chi connectivity index (χ3v) is 3.86. The van der Waals surface area contributed by atoms with Gasteiger partial charge < -0.3 is 9.72 Å². The highest BCUT2D eigenvalue weighted by Crippen LogP contribution is 2.26. The van der Waals surface area contributed by atoms with Crippen LogP contribution in [-0.4, -0.2) is 27.8 Å². The molecule has 0 spiro atoms. The lowest BCUT2D eigenvalue weighted by Gasteiger charge is -2.03. The van der Waals surface area contributed by atoms with Crippen LogP contribution in [0.25, 0.3) is 21.9 Å². The van der Waals surface area contributed by atoms with Gasteiger partial charge in [0.25, 0.3) is 0 Å². The molecule has 5 nitrogen and oxygen atoms in total. The van der Waals surface area contributed by atoms with Crippen molar-refractivity contribution in [3.8, 4) is 5.75 Å². The standard InChI is InChI=1S/C18H13N3O2/c1-23-12-8-6-11(7-9-12)18(22)17-16-15(19-10-20-17)13-4-2-3-5-14(13)21-16/h2-10,21H,1H3. The highest BCUT2D eigenvalue weighted by atomic mass is 16.5. The molecule has 4 aromatic rings. The molecule has 0 aliphatic carbocycles. The van der Waals surface area contributed by atoms with Crippen LogP contribution in [0, 0.1) is 0 Å². The average molecular weight is 303 g/mol. The van der Waals surface area contributed by atoms with Crippen LogP contribution in [0.15, 0.2) is 54.9 Å². The number of ether oxygens (including phenoxy) is 1. The van der Waals surface area contributed by atoms with Crippen molar-refractivity contribution in [3.05, 3.63) is 66.1 Å².